The Balaban J connectivity index is 1.77. The number of nitrogens with zero attached hydrogens (tertiary/aromatic N) is 2. The average molecular weight is 248 g/mol. The Morgan fingerprint density at radius 1 is 1.00 bits per heavy atom. The molecule has 3 heteroatoms. The maximum atomic E-state index is 12.6. The zero-order chi connectivity index (χ0) is 12.7. The highest BCUT2D eigenvalue weighted by Crippen LogP contribution is 2.53. The third kappa shape index (κ3) is 1.92. The van der Waals surface area contributed by atoms with Gasteiger partial charge in [-0.05, 0) is 49.9 Å². The Morgan fingerprint density at radius 3 is 2.39 bits per heavy atom. The molecular formula is C15H24N2O. The molecule has 6 unspecified atom stereocenters. The molecule has 100 valence electrons. The number of Topliss-reactive ketones (excluding diaryl/α,β-unsaturated/α-hetero) is 1. The summed E-state index contributed by atoms with van der Waals surface area (Å²) in [5.74, 6) is 3.42. The molecule has 0 aromatic carbocycles. The van der Waals surface area contributed by atoms with E-state index in [9.17, 15) is 4.79 Å². The molecule has 3 rings (SSSR count). The van der Waals surface area contributed by atoms with Crippen molar-refractivity contribution in [3.63, 3.8) is 0 Å². The van der Waals surface area contributed by atoms with Crippen LogP contribution in [0.25, 0.3) is 0 Å². The maximum Gasteiger partial charge on any atom is 0.139 e. The van der Waals surface area contributed by atoms with Gasteiger partial charge in [0.25, 0.3) is 0 Å². The third-order valence-corrected chi connectivity index (χ3v) is 5.60. The van der Waals surface area contributed by atoms with Crippen LogP contribution in [0.2, 0.25) is 0 Å². The minimum absolute atomic E-state index is 0.314. The molecule has 3 aliphatic carbocycles. The molecule has 0 amide bonds. The Bertz CT molecular complexity index is 366. The molecule has 3 fully saturated rings. The maximum absolute atomic E-state index is 12.6. The van der Waals surface area contributed by atoms with Crippen LogP contribution in [-0.2, 0) is 4.79 Å². The summed E-state index contributed by atoms with van der Waals surface area (Å²) in [6.07, 6.45) is 7.09. The summed E-state index contributed by atoms with van der Waals surface area (Å²) < 4.78 is 0. The van der Waals surface area contributed by atoms with Crippen molar-refractivity contribution in [2.24, 2.45) is 39.8 Å². The Hall–Kier alpha value is -0.730. The number of fused-ring (bicyclic) bond motifs is 3. The Labute approximate surface area is 109 Å². The monoisotopic (exact) mass is 248 g/mol. The molecule has 3 saturated carbocycles. The van der Waals surface area contributed by atoms with Gasteiger partial charge in [0.05, 0.1) is 6.04 Å². The van der Waals surface area contributed by atoms with Crippen molar-refractivity contribution < 1.29 is 4.79 Å². The molecule has 0 aromatic rings. The van der Waals surface area contributed by atoms with Gasteiger partial charge in [-0.25, -0.2) is 0 Å². The number of carbonyl (C=O) groups is 1. The smallest absolute Gasteiger partial charge is 0.139 e. The number of rotatable bonds is 1. The number of hydrogen-bond donors (Lipinski definition) is 0. The standard InChI is InChI=1S/C15H24N2O/c1-9-3-5-11-12-6-4-10(17-16-2)8-14(12)15(18)13(11)7-9/h9-14H,3-8H2,1-2H3. The van der Waals surface area contributed by atoms with Crippen LogP contribution in [0.3, 0.4) is 0 Å². The van der Waals surface area contributed by atoms with Crippen LogP contribution in [0.5, 0.6) is 0 Å². The summed E-state index contributed by atoms with van der Waals surface area (Å²) in [7, 11) is 1.74. The summed E-state index contributed by atoms with van der Waals surface area (Å²) in [5, 5.41) is 8.20. The minimum Gasteiger partial charge on any atom is -0.299 e. The SMILES string of the molecule is CN=NC1CCC2C(C1)C(=O)C1CC(C)CCC12. The van der Waals surface area contributed by atoms with Crippen LogP contribution in [-0.4, -0.2) is 18.9 Å². The fraction of sp³-hybridized carbons (Fsp3) is 0.933. The van der Waals surface area contributed by atoms with Crippen molar-refractivity contribution in [1.29, 1.82) is 0 Å². The highest BCUT2D eigenvalue weighted by Gasteiger charge is 2.52. The van der Waals surface area contributed by atoms with Gasteiger partial charge >= 0.3 is 0 Å². The molecule has 3 aliphatic rings. The van der Waals surface area contributed by atoms with E-state index in [1.165, 1.54) is 19.3 Å². The van der Waals surface area contributed by atoms with E-state index < -0.39 is 0 Å². The number of hydrogen-bond acceptors (Lipinski definition) is 3. The molecule has 6 atom stereocenters. The summed E-state index contributed by atoms with van der Waals surface area (Å²) in [4.78, 5) is 12.6. The van der Waals surface area contributed by atoms with E-state index in [1.54, 1.807) is 7.05 Å². The van der Waals surface area contributed by atoms with Gasteiger partial charge < -0.3 is 0 Å². The summed E-state index contributed by atoms with van der Waals surface area (Å²) in [6, 6.07) is 0.317. The second kappa shape index (κ2) is 4.75. The first-order valence-corrected chi connectivity index (χ1v) is 7.53. The van der Waals surface area contributed by atoms with Gasteiger partial charge in [0, 0.05) is 18.9 Å². The van der Waals surface area contributed by atoms with Crippen LogP contribution in [0, 0.1) is 29.6 Å². The van der Waals surface area contributed by atoms with E-state index in [0.717, 1.165) is 25.2 Å². The van der Waals surface area contributed by atoms with Crippen molar-refractivity contribution in [2.75, 3.05) is 7.05 Å². The second-order valence-corrected chi connectivity index (χ2v) is 6.64. The number of ketones is 1. The van der Waals surface area contributed by atoms with Crippen molar-refractivity contribution in [2.45, 2.75) is 51.5 Å². The van der Waals surface area contributed by atoms with Gasteiger partial charge in [-0.3, -0.25) is 4.79 Å². The summed E-state index contributed by atoms with van der Waals surface area (Å²) >= 11 is 0. The van der Waals surface area contributed by atoms with Crippen molar-refractivity contribution in [3.05, 3.63) is 0 Å². The Kier molecular flexibility index (Phi) is 3.25. The molecular weight excluding hydrogens is 224 g/mol. The quantitative estimate of drug-likeness (QED) is 0.655. The lowest BCUT2D eigenvalue weighted by molar-refractivity contribution is -0.126. The van der Waals surface area contributed by atoms with Gasteiger partial charge in [-0.1, -0.05) is 13.3 Å². The molecule has 0 radical (unpaired) electrons. The number of azo groups is 1. The summed E-state index contributed by atoms with van der Waals surface area (Å²) in [5.41, 5.74) is 0. The van der Waals surface area contributed by atoms with Crippen LogP contribution >= 0.6 is 0 Å². The lowest BCUT2D eigenvalue weighted by Crippen LogP contribution is -2.29. The van der Waals surface area contributed by atoms with Gasteiger partial charge in [0.15, 0.2) is 0 Å². The predicted octanol–water partition coefficient (Wildman–Crippen LogP) is 3.49. The average Bonchev–Trinajstić information content (AvgIpc) is 2.64. The molecule has 0 bridgehead atoms. The van der Waals surface area contributed by atoms with Gasteiger partial charge in [-0.15, -0.1) is 0 Å². The Morgan fingerprint density at radius 2 is 1.67 bits per heavy atom. The fourth-order valence-corrected chi connectivity index (χ4v) is 4.80. The van der Waals surface area contributed by atoms with Crippen molar-refractivity contribution in [1.82, 2.24) is 0 Å². The highest BCUT2D eigenvalue weighted by molar-refractivity contribution is 5.86. The topological polar surface area (TPSA) is 41.8 Å². The molecule has 0 saturated heterocycles. The first kappa shape index (κ1) is 12.3. The van der Waals surface area contributed by atoms with E-state index in [4.69, 9.17) is 0 Å². The molecule has 18 heavy (non-hydrogen) atoms. The second-order valence-electron chi connectivity index (χ2n) is 6.64. The van der Waals surface area contributed by atoms with Crippen LogP contribution in [0.15, 0.2) is 10.2 Å². The minimum atomic E-state index is 0.314. The molecule has 0 N–H and O–H groups in total. The largest absolute Gasteiger partial charge is 0.299 e. The van der Waals surface area contributed by atoms with Gasteiger partial charge in [-0.2, -0.15) is 10.2 Å². The van der Waals surface area contributed by atoms with E-state index in [2.05, 4.69) is 17.2 Å². The number of carbonyl (C=O) groups excluding carboxylic acids is 1. The van der Waals surface area contributed by atoms with Crippen molar-refractivity contribution in [3.8, 4) is 0 Å². The van der Waals surface area contributed by atoms with E-state index in [1.807, 2.05) is 0 Å². The van der Waals surface area contributed by atoms with Gasteiger partial charge in [0.2, 0.25) is 0 Å². The van der Waals surface area contributed by atoms with Crippen LogP contribution in [0.1, 0.15) is 45.4 Å². The lowest BCUT2D eigenvalue weighted by atomic mass is 9.70. The normalized spacial score (nSPS) is 48.2. The van der Waals surface area contributed by atoms with Gasteiger partial charge in [0.1, 0.15) is 5.78 Å². The molecule has 0 aromatic heterocycles. The van der Waals surface area contributed by atoms with Crippen molar-refractivity contribution >= 4 is 5.78 Å². The molecule has 3 nitrogen and oxygen atoms in total. The van der Waals surface area contributed by atoms with E-state index in [0.29, 0.717) is 35.5 Å². The summed E-state index contributed by atoms with van der Waals surface area (Å²) in [6.45, 7) is 2.31. The van der Waals surface area contributed by atoms with Crippen LogP contribution in [0.4, 0.5) is 0 Å². The van der Waals surface area contributed by atoms with Crippen LogP contribution < -0.4 is 0 Å². The van der Waals surface area contributed by atoms with E-state index in [-0.39, 0.29) is 0 Å². The first-order valence-electron chi connectivity index (χ1n) is 7.53. The lowest BCUT2D eigenvalue weighted by Gasteiger charge is -2.34. The first-order chi connectivity index (χ1) is 8.70. The zero-order valence-electron chi connectivity index (χ0n) is 11.5. The van der Waals surface area contributed by atoms with E-state index >= 15 is 0 Å². The zero-order valence-corrected chi connectivity index (χ0v) is 11.5. The molecule has 0 heterocycles. The predicted molar refractivity (Wildman–Crippen MR) is 70.4 cm³/mol. The highest BCUT2D eigenvalue weighted by atomic mass is 16.1. The fourth-order valence-electron chi connectivity index (χ4n) is 4.80. The molecule has 0 aliphatic heterocycles. The third-order valence-electron chi connectivity index (χ3n) is 5.60. The molecule has 0 spiro atoms.